The minimum Gasteiger partial charge on any atom is -0.314 e. The van der Waals surface area contributed by atoms with Crippen molar-refractivity contribution in [3.8, 4) is 0 Å². The Kier molecular flexibility index (Phi) is 6.00. The smallest absolute Gasteiger partial charge is 0.0544 e. The van der Waals surface area contributed by atoms with Gasteiger partial charge >= 0.3 is 0 Å². The van der Waals surface area contributed by atoms with E-state index in [-0.39, 0.29) is 12.4 Å². The van der Waals surface area contributed by atoms with E-state index in [4.69, 9.17) is 11.6 Å². The molecule has 1 atom stereocenters. The number of hydrogen-bond donors (Lipinski definition) is 1. The average molecular weight is 324 g/mol. The Labute approximate surface area is 136 Å². The molecule has 1 aromatic heterocycles. The van der Waals surface area contributed by atoms with Crippen molar-refractivity contribution >= 4 is 24.0 Å². The first-order chi connectivity index (χ1) is 9.84. The van der Waals surface area contributed by atoms with Gasteiger partial charge in [-0.1, -0.05) is 35.9 Å². The molecule has 2 heterocycles. The van der Waals surface area contributed by atoms with Crippen molar-refractivity contribution in [1.29, 1.82) is 0 Å². The average Bonchev–Trinajstić information content (AvgIpc) is 2.50. The Morgan fingerprint density at radius 1 is 1.19 bits per heavy atom. The molecule has 3 nitrogen and oxygen atoms in total. The summed E-state index contributed by atoms with van der Waals surface area (Å²) in [5, 5.41) is 4.30. The van der Waals surface area contributed by atoms with Crippen molar-refractivity contribution in [3.05, 3.63) is 64.9 Å². The van der Waals surface area contributed by atoms with E-state index in [1.807, 2.05) is 30.5 Å². The van der Waals surface area contributed by atoms with E-state index in [0.29, 0.717) is 6.04 Å². The van der Waals surface area contributed by atoms with Crippen LogP contribution < -0.4 is 5.32 Å². The molecular formula is C16H19Cl2N3. The largest absolute Gasteiger partial charge is 0.314 e. The summed E-state index contributed by atoms with van der Waals surface area (Å²) in [5.74, 6) is 0. The van der Waals surface area contributed by atoms with Crippen molar-refractivity contribution in [2.75, 3.05) is 19.6 Å². The fourth-order valence-electron chi connectivity index (χ4n) is 2.69. The Hall–Kier alpha value is -1.13. The highest BCUT2D eigenvalue weighted by molar-refractivity contribution is 6.31. The van der Waals surface area contributed by atoms with Crippen LogP contribution in [0.4, 0.5) is 0 Å². The summed E-state index contributed by atoms with van der Waals surface area (Å²) in [7, 11) is 0. The third kappa shape index (κ3) is 3.95. The van der Waals surface area contributed by atoms with E-state index in [9.17, 15) is 0 Å². The topological polar surface area (TPSA) is 28.2 Å². The van der Waals surface area contributed by atoms with Gasteiger partial charge in [-0.15, -0.1) is 12.4 Å². The molecule has 0 amide bonds. The highest BCUT2D eigenvalue weighted by Crippen LogP contribution is 2.29. The molecule has 1 N–H and O–H groups in total. The Morgan fingerprint density at radius 2 is 2.00 bits per heavy atom. The Balaban J connectivity index is 0.00000161. The van der Waals surface area contributed by atoms with Gasteiger partial charge in [0.25, 0.3) is 0 Å². The first-order valence-corrected chi connectivity index (χ1v) is 7.31. The summed E-state index contributed by atoms with van der Waals surface area (Å²) in [5.41, 5.74) is 2.30. The van der Waals surface area contributed by atoms with Crippen LogP contribution in [0.3, 0.4) is 0 Å². The van der Waals surface area contributed by atoms with Gasteiger partial charge in [0.15, 0.2) is 0 Å². The molecule has 3 rings (SSSR count). The molecule has 0 spiro atoms. The Bertz CT molecular complexity index is 562. The summed E-state index contributed by atoms with van der Waals surface area (Å²) < 4.78 is 0. The van der Waals surface area contributed by atoms with E-state index >= 15 is 0 Å². The number of aromatic nitrogens is 1. The van der Waals surface area contributed by atoms with Crippen molar-refractivity contribution in [1.82, 2.24) is 15.2 Å². The fourth-order valence-corrected chi connectivity index (χ4v) is 2.95. The van der Waals surface area contributed by atoms with Crippen LogP contribution in [0.25, 0.3) is 0 Å². The van der Waals surface area contributed by atoms with Crippen molar-refractivity contribution in [3.63, 3.8) is 0 Å². The molecule has 0 aliphatic carbocycles. The monoisotopic (exact) mass is 323 g/mol. The van der Waals surface area contributed by atoms with Gasteiger partial charge < -0.3 is 5.32 Å². The zero-order valence-corrected chi connectivity index (χ0v) is 13.3. The quantitative estimate of drug-likeness (QED) is 0.939. The maximum Gasteiger partial charge on any atom is 0.0544 e. The van der Waals surface area contributed by atoms with Gasteiger partial charge in [-0.05, 0) is 23.8 Å². The second-order valence-electron chi connectivity index (χ2n) is 5.03. The van der Waals surface area contributed by atoms with E-state index < -0.39 is 0 Å². The zero-order valence-electron chi connectivity index (χ0n) is 11.7. The molecular weight excluding hydrogens is 305 g/mol. The van der Waals surface area contributed by atoms with Gasteiger partial charge in [-0.3, -0.25) is 9.88 Å². The predicted octanol–water partition coefficient (Wildman–Crippen LogP) is 3.30. The molecule has 1 aliphatic rings. The third-order valence-electron chi connectivity index (χ3n) is 3.71. The summed E-state index contributed by atoms with van der Waals surface area (Å²) >= 11 is 6.36. The molecule has 1 saturated heterocycles. The predicted molar refractivity (Wildman–Crippen MR) is 89.0 cm³/mol. The van der Waals surface area contributed by atoms with Crippen LogP contribution >= 0.6 is 24.0 Å². The van der Waals surface area contributed by atoms with Gasteiger partial charge in [-0.25, -0.2) is 0 Å². The van der Waals surface area contributed by atoms with Crippen LogP contribution in [0.2, 0.25) is 5.02 Å². The fraction of sp³-hybridized carbons (Fsp3) is 0.312. The molecule has 0 bridgehead atoms. The van der Waals surface area contributed by atoms with Crippen molar-refractivity contribution in [2.24, 2.45) is 0 Å². The van der Waals surface area contributed by atoms with Crippen LogP contribution in [0.15, 0.2) is 48.7 Å². The number of hydrogen-bond acceptors (Lipinski definition) is 3. The minimum absolute atomic E-state index is 0. The molecule has 21 heavy (non-hydrogen) atoms. The Morgan fingerprint density at radius 3 is 2.76 bits per heavy atom. The zero-order chi connectivity index (χ0) is 13.8. The van der Waals surface area contributed by atoms with E-state index in [0.717, 1.165) is 36.9 Å². The maximum absolute atomic E-state index is 6.36. The van der Waals surface area contributed by atoms with E-state index in [1.165, 1.54) is 5.56 Å². The van der Waals surface area contributed by atoms with Crippen LogP contribution in [-0.4, -0.2) is 29.5 Å². The highest BCUT2D eigenvalue weighted by atomic mass is 35.5. The lowest BCUT2D eigenvalue weighted by atomic mass is 10.0. The van der Waals surface area contributed by atoms with Gasteiger partial charge in [0.1, 0.15) is 0 Å². The molecule has 1 aliphatic heterocycles. The summed E-state index contributed by atoms with van der Waals surface area (Å²) in [6, 6.07) is 14.5. The highest BCUT2D eigenvalue weighted by Gasteiger charge is 2.25. The lowest BCUT2D eigenvalue weighted by Gasteiger charge is -2.36. The van der Waals surface area contributed by atoms with Crippen LogP contribution in [0.5, 0.6) is 0 Å². The SMILES string of the molecule is Cl.Clc1ccccc1C1CNCCN1Cc1ccccn1. The van der Waals surface area contributed by atoms with Gasteiger partial charge in [0, 0.05) is 43.4 Å². The van der Waals surface area contributed by atoms with Gasteiger partial charge in [0.05, 0.1) is 5.69 Å². The molecule has 112 valence electrons. The maximum atomic E-state index is 6.36. The van der Waals surface area contributed by atoms with Crippen LogP contribution in [0.1, 0.15) is 17.3 Å². The number of nitrogens with one attached hydrogen (secondary N) is 1. The normalized spacial score (nSPS) is 19.0. The number of benzene rings is 1. The van der Waals surface area contributed by atoms with E-state index in [1.54, 1.807) is 0 Å². The number of pyridine rings is 1. The summed E-state index contributed by atoms with van der Waals surface area (Å²) in [4.78, 5) is 6.87. The second-order valence-corrected chi connectivity index (χ2v) is 5.44. The molecule has 1 unspecified atom stereocenters. The lowest BCUT2D eigenvalue weighted by molar-refractivity contribution is 0.152. The number of piperazine rings is 1. The molecule has 1 fully saturated rings. The van der Waals surface area contributed by atoms with Crippen LogP contribution in [-0.2, 0) is 6.54 Å². The third-order valence-corrected chi connectivity index (χ3v) is 4.05. The van der Waals surface area contributed by atoms with E-state index in [2.05, 4.69) is 33.4 Å². The first kappa shape index (κ1) is 16.2. The first-order valence-electron chi connectivity index (χ1n) is 6.94. The van der Waals surface area contributed by atoms with Crippen molar-refractivity contribution < 1.29 is 0 Å². The lowest BCUT2D eigenvalue weighted by Crippen LogP contribution is -2.45. The second kappa shape index (κ2) is 7.76. The molecule has 1 aromatic carbocycles. The summed E-state index contributed by atoms with van der Waals surface area (Å²) in [6.45, 7) is 3.80. The standard InChI is InChI=1S/C16H18ClN3.ClH/c17-15-7-2-1-6-14(15)16-11-18-9-10-20(16)12-13-5-3-4-8-19-13;/h1-8,16,18H,9-12H2;1H. The van der Waals surface area contributed by atoms with Crippen LogP contribution in [0, 0.1) is 0 Å². The number of nitrogens with zero attached hydrogens (tertiary/aromatic N) is 2. The van der Waals surface area contributed by atoms with Crippen molar-refractivity contribution in [2.45, 2.75) is 12.6 Å². The molecule has 2 aromatic rings. The van der Waals surface area contributed by atoms with Gasteiger partial charge in [-0.2, -0.15) is 0 Å². The summed E-state index contributed by atoms with van der Waals surface area (Å²) in [6.07, 6.45) is 1.85. The number of rotatable bonds is 3. The van der Waals surface area contributed by atoms with Gasteiger partial charge in [0.2, 0.25) is 0 Å². The minimum atomic E-state index is 0. The molecule has 0 radical (unpaired) electrons. The molecule has 0 saturated carbocycles. The number of halogens is 2. The molecule has 5 heteroatoms.